The minimum atomic E-state index is -0.300. The minimum Gasteiger partial charge on any atom is -0.466 e. The summed E-state index contributed by atoms with van der Waals surface area (Å²) in [6.07, 6.45) is 0.829. The number of aryl methyl sites for hydroxylation is 2. The van der Waals surface area contributed by atoms with Crippen LogP contribution in [0.2, 0.25) is 0 Å². The summed E-state index contributed by atoms with van der Waals surface area (Å²) < 4.78 is 4.79. The molecule has 98 valence electrons. The van der Waals surface area contributed by atoms with Crippen molar-refractivity contribution in [3.05, 3.63) is 34.9 Å². The molecule has 0 spiro atoms. The zero-order valence-corrected chi connectivity index (χ0v) is 11.3. The molecule has 0 saturated heterocycles. The second-order valence-corrected chi connectivity index (χ2v) is 4.45. The van der Waals surface area contributed by atoms with E-state index in [1.165, 1.54) is 5.56 Å². The van der Waals surface area contributed by atoms with E-state index in [-0.39, 0.29) is 24.6 Å². The van der Waals surface area contributed by atoms with Gasteiger partial charge in [0.05, 0.1) is 13.0 Å². The molecule has 0 bridgehead atoms. The fourth-order valence-electron chi connectivity index (χ4n) is 1.82. The van der Waals surface area contributed by atoms with Crippen molar-refractivity contribution in [2.75, 3.05) is 6.61 Å². The standard InChI is InChI=1S/C15H20O3/c1-4-18-15(17)8-7-14(16)10-13-6-5-11(2)9-12(13)3/h5-6,9H,4,7-8,10H2,1-3H3. The highest BCUT2D eigenvalue weighted by atomic mass is 16.5. The maximum absolute atomic E-state index is 11.8. The van der Waals surface area contributed by atoms with Gasteiger partial charge in [-0.1, -0.05) is 23.8 Å². The van der Waals surface area contributed by atoms with Gasteiger partial charge in [0.1, 0.15) is 5.78 Å². The Hall–Kier alpha value is -1.64. The Morgan fingerprint density at radius 1 is 1.17 bits per heavy atom. The molecule has 0 radical (unpaired) electrons. The molecular formula is C15H20O3. The van der Waals surface area contributed by atoms with E-state index in [4.69, 9.17) is 4.74 Å². The molecule has 3 heteroatoms. The number of carbonyl (C=O) groups excluding carboxylic acids is 2. The Balaban J connectivity index is 2.47. The van der Waals surface area contributed by atoms with Crippen molar-refractivity contribution >= 4 is 11.8 Å². The molecule has 0 saturated carbocycles. The highest BCUT2D eigenvalue weighted by molar-refractivity contribution is 5.84. The Bertz CT molecular complexity index is 435. The van der Waals surface area contributed by atoms with Crippen molar-refractivity contribution in [1.82, 2.24) is 0 Å². The predicted molar refractivity (Wildman–Crippen MR) is 70.5 cm³/mol. The van der Waals surface area contributed by atoms with Crippen molar-refractivity contribution in [2.45, 2.75) is 40.0 Å². The van der Waals surface area contributed by atoms with Gasteiger partial charge in [-0.25, -0.2) is 0 Å². The van der Waals surface area contributed by atoms with E-state index in [9.17, 15) is 9.59 Å². The smallest absolute Gasteiger partial charge is 0.306 e. The summed E-state index contributed by atoms with van der Waals surface area (Å²) in [6, 6.07) is 6.04. The topological polar surface area (TPSA) is 43.4 Å². The Labute approximate surface area is 108 Å². The zero-order valence-electron chi connectivity index (χ0n) is 11.3. The third kappa shape index (κ3) is 4.70. The number of esters is 1. The van der Waals surface area contributed by atoms with Crippen LogP contribution in [0.25, 0.3) is 0 Å². The van der Waals surface area contributed by atoms with Gasteiger partial charge >= 0.3 is 5.97 Å². The number of benzene rings is 1. The van der Waals surface area contributed by atoms with Gasteiger partial charge in [-0.2, -0.15) is 0 Å². The second kappa shape index (κ2) is 6.94. The molecule has 0 N–H and O–H groups in total. The second-order valence-electron chi connectivity index (χ2n) is 4.45. The first-order valence-electron chi connectivity index (χ1n) is 6.26. The van der Waals surface area contributed by atoms with Crippen LogP contribution in [0.5, 0.6) is 0 Å². The lowest BCUT2D eigenvalue weighted by molar-refractivity contribution is -0.144. The summed E-state index contributed by atoms with van der Waals surface area (Å²) in [5.41, 5.74) is 3.35. The molecule has 1 aromatic carbocycles. The first kappa shape index (κ1) is 14.4. The summed E-state index contributed by atoms with van der Waals surface area (Å²) in [6.45, 7) is 6.15. The highest BCUT2D eigenvalue weighted by Gasteiger charge is 2.09. The van der Waals surface area contributed by atoms with E-state index < -0.39 is 0 Å². The van der Waals surface area contributed by atoms with Gasteiger partial charge in [0, 0.05) is 12.8 Å². The molecule has 0 fully saturated rings. The van der Waals surface area contributed by atoms with Crippen LogP contribution in [0.3, 0.4) is 0 Å². The van der Waals surface area contributed by atoms with Crippen LogP contribution in [0.15, 0.2) is 18.2 Å². The zero-order chi connectivity index (χ0) is 13.5. The Kier molecular flexibility index (Phi) is 5.56. The van der Waals surface area contributed by atoms with Gasteiger partial charge in [-0.05, 0) is 31.9 Å². The van der Waals surface area contributed by atoms with Crippen LogP contribution >= 0.6 is 0 Å². The number of ketones is 1. The number of hydrogen-bond acceptors (Lipinski definition) is 3. The minimum absolute atomic E-state index is 0.0787. The van der Waals surface area contributed by atoms with E-state index in [0.29, 0.717) is 13.0 Å². The molecule has 0 aliphatic carbocycles. The summed E-state index contributed by atoms with van der Waals surface area (Å²) >= 11 is 0. The van der Waals surface area contributed by atoms with Gasteiger partial charge in [0.2, 0.25) is 0 Å². The summed E-state index contributed by atoms with van der Waals surface area (Å²) in [7, 11) is 0. The Morgan fingerprint density at radius 3 is 2.50 bits per heavy atom. The van der Waals surface area contributed by atoms with Crippen LogP contribution < -0.4 is 0 Å². The fraction of sp³-hybridized carbons (Fsp3) is 0.467. The van der Waals surface area contributed by atoms with Crippen LogP contribution in [0, 0.1) is 13.8 Å². The monoisotopic (exact) mass is 248 g/mol. The maximum Gasteiger partial charge on any atom is 0.306 e. The average molecular weight is 248 g/mol. The molecule has 0 atom stereocenters. The first-order valence-corrected chi connectivity index (χ1v) is 6.26. The number of Topliss-reactive ketones (excluding diaryl/α,β-unsaturated/α-hetero) is 1. The quantitative estimate of drug-likeness (QED) is 0.727. The summed E-state index contributed by atoms with van der Waals surface area (Å²) in [4.78, 5) is 22.9. The predicted octanol–water partition coefficient (Wildman–Crippen LogP) is 2.76. The van der Waals surface area contributed by atoms with Crippen molar-refractivity contribution in [3.8, 4) is 0 Å². The fourth-order valence-corrected chi connectivity index (χ4v) is 1.82. The van der Waals surface area contributed by atoms with Gasteiger partial charge in [-0.3, -0.25) is 9.59 Å². The van der Waals surface area contributed by atoms with E-state index in [2.05, 4.69) is 6.07 Å². The largest absolute Gasteiger partial charge is 0.466 e. The normalized spacial score (nSPS) is 10.2. The van der Waals surface area contributed by atoms with Crippen molar-refractivity contribution < 1.29 is 14.3 Å². The van der Waals surface area contributed by atoms with E-state index in [1.54, 1.807) is 6.92 Å². The molecule has 0 amide bonds. The third-order valence-corrected chi connectivity index (χ3v) is 2.80. The summed E-state index contributed by atoms with van der Waals surface area (Å²) in [5.74, 6) is -0.221. The maximum atomic E-state index is 11.8. The van der Waals surface area contributed by atoms with Crippen LogP contribution in [-0.2, 0) is 20.7 Å². The van der Waals surface area contributed by atoms with Gasteiger partial charge in [-0.15, -0.1) is 0 Å². The molecule has 1 rings (SSSR count). The molecule has 18 heavy (non-hydrogen) atoms. The molecule has 3 nitrogen and oxygen atoms in total. The lowest BCUT2D eigenvalue weighted by Gasteiger charge is -2.06. The van der Waals surface area contributed by atoms with Crippen molar-refractivity contribution in [3.63, 3.8) is 0 Å². The number of ether oxygens (including phenoxy) is 1. The van der Waals surface area contributed by atoms with Crippen LogP contribution in [0.4, 0.5) is 0 Å². The van der Waals surface area contributed by atoms with E-state index >= 15 is 0 Å². The number of hydrogen-bond donors (Lipinski definition) is 0. The molecule has 0 aliphatic rings. The molecule has 0 aromatic heterocycles. The van der Waals surface area contributed by atoms with Crippen LogP contribution in [-0.4, -0.2) is 18.4 Å². The van der Waals surface area contributed by atoms with Gasteiger partial charge in [0.15, 0.2) is 0 Å². The lowest BCUT2D eigenvalue weighted by Crippen LogP contribution is -2.10. The molecular weight excluding hydrogens is 228 g/mol. The molecule has 0 aliphatic heterocycles. The van der Waals surface area contributed by atoms with Gasteiger partial charge < -0.3 is 4.74 Å². The molecule has 0 heterocycles. The van der Waals surface area contributed by atoms with Crippen LogP contribution in [0.1, 0.15) is 36.5 Å². The molecule has 0 unspecified atom stereocenters. The first-order chi connectivity index (χ1) is 8.52. The molecule has 1 aromatic rings. The van der Waals surface area contributed by atoms with E-state index in [1.807, 2.05) is 26.0 Å². The number of rotatable bonds is 6. The average Bonchev–Trinajstić information content (AvgIpc) is 2.31. The Morgan fingerprint density at radius 2 is 1.89 bits per heavy atom. The van der Waals surface area contributed by atoms with Gasteiger partial charge in [0.25, 0.3) is 0 Å². The van der Waals surface area contributed by atoms with E-state index in [0.717, 1.165) is 11.1 Å². The highest BCUT2D eigenvalue weighted by Crippen LogP contribution is 2.12. The third-order valence-electron chi connectivity index (χ3n) is 2.80. The summed E-state index contributed by atoms with van der Waals surface area (Å²) in [5, 5.41) is 0. The number of carbonyl (C=O) groups is 2. The lowest BCUT2D eigenvalue weighted by atomic mass is 9.99. The SMILES string of the molecule is CCOC(=O)CCC(=O)Cc1ccc(C)cc1C. The van der Waals surface area contributed by atoms with Crippen molar-refractivity contribution in [1.29, 1.82) is 0 Å². The van der Waals surface area contributed by atoms with Crippen molar-refractivity contribution in [2.24, 2.45) is 0 Å².